The molecule has 2 aromatic rings. The van der Waals surface area contributed by atoms with Gasteiger partial charge in [-0.2, -0.15) is 13.2 Å². The summed E-state index contributed by atoms with van der Waals surface area (Å²) in [6.07, 6.45) is -3.77. The molecule has 2 aromatic heterocycles. The minimum atomic E-state index is -4.59. The number of nitrogens with one attached hydrogen (secondary N) is 2. The maximum atomic E-state index is 12.9. The van der Waals surface area contributed by atoms with E-state index >= 15 is 0 Å². The molecule has 7 nitrogen and oxygen atoms in total. The van der Waals surface area contributed by atoms with E-state index in [9.17, 15) is 22.8 Å². The third-order valence-corrected chi connectivity index (χ3v) is 3.86. The van der Waals surface area contributed by atoms with Gasteiger partial charge in [0.1, 0.15) is 6.04 Å². The second-order valence-corrected chi connectivity index (χ2v) is 6.43. The van der Waals surface area contributed by atoms with Gasteiger partial charge in [-0.15, -0.1) is 10.2 Å². The number of halogens is 4. The number of hydrogen-bond donors (Lipinski definition) is 2. The first-order valence-electron chi connectivity index (χ1n) is 7.66. The third-order valence-electron chi connectivity index (χ3n) is 3.59. The summed E-state index contributed by atoms with van der Waals surface area (Å²) >= 11 is 5.84. The van der Waals surface area contributed by atoms with Crippen molar-refractivity contribution in [2.75, 3.05) is 0 Å². The van der Waals surface area contributed by atoms with Crippen molar-refractivity contribution in [3.05, 3.63) is 28.7 Å². The van der Waals surface area contributed by atoms with Crippen LogP contribution in [0.2, 0.25) is 5.02 Å². The van der Waals surface area contributed by atoms with Gasteiger partial charge in [0, 0.05) is 13.1 Å². The van der Waals surface area contributed by atoms with Gasteiger partial charge in [-0.05, 0) is 12.0 Å². The number of pyridine rings is 1. The zero-order valence-electron chi connectivity index (χ0n) is 14.2. The van der Waals surface area contributed by atoms with Crippen molar-refractivity contribution in [2.45, 2.75) is 39.5 Å². The number of rotatable bonds is 5. The molecule has 0 saturated heterocycles. The van der Waals surface area contributed by atoms with Gasteiger partial charge in [-0.3, -0.25) is 14.0 Å². The Balaban J connectivity index is 2.24. The molecule has 2 N–H and O–H groups in total. The largest absolute Gasteiger partial charge is 0.417 e. The molecule has 0 radical (unpaired) electrons. The zero-order chi connectivity index (χ0) is 19.6. The summed E-state index contributed by atoms with van der Waals surface area (Å²) in [5.41, 5.74) is -0.910. The van der Waals surface area contributed by atoms with E-state index in [-0.39, 0.29) is 34.9 Å². The molecule has 0 unspecified atom stereocenters. The number of carbonyl (C=O) groups is 2. The van der Waals surface area contributed by atoms with Crippen LogP contribution < -0.4 is 10.6 Å². The van der Waals surface area contributed by atoms with Crippen molar-refractivity contribution in [2.24, 2.45) is 5.92 Å². The van der Waals surface area contributed by atoms with E-state index in [0.717, 1.165) is 16.7 Å². The third kappa shape index (κ3) is 4.43. The molecule has 11 heteroatoms. The molecule has 26 heavy (non-hydrogen) atoms. The highest BCUT2D eigenvalue weighted by Crippen LogP contribution is 2.32. The minimum absolute atomic E-state index is 0.0474. The van der Waals surface area contributed by atoms with Crippen molar-refractivity contribution in [1.29, 1.82) is 0 Å². The van der Waals surface area contributed by atoms with E-state index in [4.69, 9.17) is 11.6 Å². The van der Waals surface area contributed by atoms with E-state index in [1.54, 1.807) is 13.8 Å². The molecule has 0 aliphatic rings. The fraction of sp³-hybridized carbons (Fsp3) is 0.467. The van der Waals surface area contributed by atoms with Gasteiger partial charge in [-0.25, -0.2) is 0 Å². The van der Waals surface area contributed by atoms with Crippen LogP contribution in [0.15, 0.2) is 12.3 Å². The van der Waals surface area contributed by atoms with E-state index in [1.165, 1.54) is 6.92 Å². The highest BCUT2D eigenvalue weighted by atomic mass is 35.5. The Hall–Kier alpha value is -2.36. The Labute approximate surface area is 151 Å². The van der Waals surface area contributed by atoms with Crippen LogP contribution in [-0.4, -0.2) is 32.5 Å². The van der Waals surface area contributed by atoms with Gasteiger partial charge in [-0.1, -0.05) is 25.4 Å². The molecule has 1 atom stereocenters. The van der Waals surface area contributed by atoms with Crippen LogP contribution in [0.1, 0.15) is 32.2 Å². The molecule has 0 aromatic carbocycles. The molecule has 2 heterocycles. The van der Waals surface area contributed by atoms with Crippen LogP contribution >= 0.6 is 11.6 Å². The Morgan fingerprint density at radius 2 is 1.96 bits per heavy atom. The normalized spacial score (nSPS) is 13.1. The number of hydrogen-bond acceptors (Lipinski definition) is 4. The van der Waals surface area contributed by atoms with Crippen molar-refractivity contribution >= 4 is 29.1 Å². The summed E-state index contributed by atoms with van der Waals surface area (Å²) in [5, 5.41) is 12.4. The van der Waals surface area contributed by atoms with Crippen LogP contribution in [0, 0.1) is 5.92 Å². The van der Waals surface area contributed by atoms with E-state index in [2.05, 4.69) is 20.8 Å². The van der Waals surface area contributed by atoms with Crippen LogP contribution in [0.4, 0.5) is 13.2 Å². The van der Waals surface area contributed by atoms with Crippen molar-refractivity contribution in [3.8, 4) is 0 Å². The maximum absolute atomic E-state index is 12.9. The highest BCUT2D eigenvalue weighted by molar-refractivity contribution is 6.33. The first-order valence-corrected chi connectivity index (χ1v) is 8.03. The Morgan fingerprint density at radius 3 is 2.50 bits per heavy atom. The summed E-state index contributed by atoms with van der Waals surface area (Å²) in [4.78, 5) is 23.5. The van der Waals surface area contributed by atoms with E-state index in [0.29, 0.717) is 0 Å². The molecule has 142 valence electrons. The average Bonchev–Trinajstić information content (AvgIpc) is 2.92. The number of alkyl halides is 3. The number of fused-ring (bicyclic) bond motifs is 1. The number of amides is 2. The van der Waals surface area contributed by atoms with Crippen molar-refractivity contribution in [3.63, 3.8) is 0 Å². The van der Waals surface area contributed by atoms with Gasteiger partial charge in [0.05, 0.1) is 17.1 Å². The molecule has 0 aliphatic heterocycles. The molecule has 0 aliphatic carbocycles. The standard InChI is InChI=1S/C15H17ClF3N5O2/c1-7(2)12(21-8(3)25)14(26)20-5-11-22-23-13-10(16)4-9(6-24(11)13)15(17,18)19/h4,6-7,12H,5H2,1-3H3,(H,20,26)(H,21,25)/t12-/m1/s1. The highest BCUT2D eigenvalue weighted by Gasteiger charge is 2.32. The van der Waals surface area contributed by atoms with Gasteiger partial charge in [0.15, 0.2) is 11.5 Å². The molecule has 2 rings (SSSR count). The van der Waals surface area contributed by atoms with Crippen molar-refractivity contribution < 1.29 is 22.8 Å². The Bertz CT molecular complexity index is 835. The SMILES string of the molecule is CC(=O)N[C@@H](C(=O)NCc1nnc2c(Cl)cc(C(F)(F)F)cn12)C(C)C. The van der Waals surface area contributed by atoms with Gasteiger partial charge in [0.2, 0.25) is 11.8 Å². The Morgan fingerprint density at radius 1 is 1.31 bits per heavy atom. The first-order chi connectivity index (χ1) is 12.0. The van der Waals surface area contributed by atoms with Gasteiger partial charge < -0.3 is 10.6 Å². The number of aromatic nitrogens is 3. The van der Waals surface area contributed by atoms with Crippen LogP contribution in [0.25, 0.3) is 5.65 Å². The fourth-order valence-electron chi connectivity index (χ4n) is 2.31. The zero-order valence-corrected chi connectivity index (χ0v) is 14.9. The lowest BCUT2D eigenvalue weighted by Crippen LogP contribution is -2.49. The minimum Gasteiger partial charge on any atom is -0.347 e. The summed E-state index contributed by atoms with van der Waals surface area (Å²) in [5.74, 6) is -0.953. The molecular weight excluding hydrogens is 375 g/mol. The monoisotopic (exact) mass is 391 g/mol. The summed E-state index contributed by atoms with van der Waals surface area (Å²) in [6.45, 7) is 4.61. The lowest BCUT2D eigenvalue weighted by molar-refractivity contribution is -0.137. The predicted molar refractivity (Wildman–Crippen MR) is 87.3 cm³/mol. The van der Waals surface area contributed by atoms with Crippen LogP contribution in [0.3, 0.4) is 0 Å². The summed E-state index contributed by atoms with van der Waals surface area (Å²) < 4.78 is 39.9. The quantitative estimate of drug-likeness (QED) is 0.817. The molecular formula is C15H17ClF3N5O2. The molecule has 0 spiro atoms. The Kier molecular flexibility index (Phi) is 5.74. The second-order valence-electron chi connectivity index (χ2n) is 6.02. The lowest BCUT2D eigenvalue weighted by atomic mass is 10.0. The van der Waals surface area contributed by atoms with Crippen LogP contribution in [-0.2, 0) is 22.3 Å². The summed E-state index contributed by atoms with van der Waals surface area (Å²) in [7, 11) is 0. The predicted octanol–water partition coefficient (Wildman–Crippen LogP) is 2.18. The van der Waals surface area contributed by atoms with Crippen molar-refractivity contribution in [1.82, 2.24) is 25.2 Å². The molecule has 2 amide bonds. The first kappa shape index (κ1) is 20.0. The van der Waals surface area contributed by atoms with Crippen LogP contribution in [0.5, 0.6) is 0 Å². The lowest BCUT2D eigenvalue weighted by Gasteiger charge is -2.20. The maximum Gasteiger partial charge on any atom is 0.417 e. The number of nitrogens with zero attached hydrogens (tertiary/aromatic N) is 3. The molecule has 0 bridgehead atoms. The topological polar surface area (TPSA) is 88.4 Å². The molecule has 0 saturated carbocycles. The van der Waals surface area contributed by atoms with E-state index in [1.807, 2.05) is 0 Å². The second kappa shape index (κ2) is 7.48. The van der Waals surface area contributed by atoms with Gasteiger partial charge in [0.25, 0.3) is 0 Å². The van der Waals surface area contributed by atoms with E-state index < -0.39 is 23.7 Å². The summed E-state index contributed by atoms with van der Waals surface area (Å²) in [6, 6.07) is -0.0134. The fourth-order valence-corrected chi connectivity index (χ4v) is 2.55. The van der Waals surface area contributed by atoms with Gasteiger partial charge >= 0.3 is 6.18 Å². The smallest absolute Gasteiger partial charge is 0.347 e. The number of carbonyl (C=O) groups excluding carboxylic acids is 2. The average molecular weight is 392 g/mol. The molecule has 0 fully saturated rings.